The van der Waals surface area contributed by atoms with Crippen molar-refractivity contribution in [2.45, 2.75) is 37.7 Å². The zero-order chi connectivity index (χ0) is 15.7. The van der Waals surface area contributed by atoms with Crippen LogP contribution in [0.2, 0.25) is 5.02 Å². The number of hydrogen-bond acceptors (Lipinski definition) is 4. The molecule has 4 nitrogen and oxygen atoms in total. The summed E-state index contributed by atoms with van der Waals surface area (Å²) in [5, 5.41) is 28.9. The van der Waals surface area contributed by atoms with Crippen LogP contribution in [0.15, 0.2) is 12.1 Å². The topological polar surface area (TPSA) is 63.9 Å². The monoisotopic (exact) mass is 321 g/mol. The smallest absolute Gasteiger partial charge is 0.147 e. The van der Waals surface area contributed by atoms with Gasteiger partial charge in [0.25, 0.3) is 0 Å². The van der Waals surface area contributed by atoms with Crippen LogP contribution in [0.5, 0.6) is 0 Å². The van der Waals surface area contributed by atoms with Gasteiger partial charge in [0.1, 0.15) is 17.7 Å². The molecule has 1 aromatic carbocycles. The van der Waals surface area contributed by atoms with Crippen molar-refractivity contribution < 1.29 is 24.1 Å². The molecule has 1 aromatic rings. The van der Waals surface area contributed by atoms with E-state index in [-0.39, 0.29) is 30.1 Å². The molecule has 3 N–H and O–H groups in total. The SMILES string of the molecule is C[C@@H]1[C@@H](O)[C@H](O)[C@@H](O)CN1CCc1c(F)ccc(Cl)c1F. The molecule has 0 spiro atoms. The predicted octanol–water partition coefficient (Wildman–Crippen LogP) is 0.948. The second-order valence-electron chi connectivity index (χ2n) is 5.36. The fourth-order valence-corrected chi connectivity index (χ4v) is 2.77. The molecule has 0 saturated carbocycles. The largest absolute Gasteiger partial charge is 0.389 e. The van der Waals surface area contributed by atoms with Crippen molar-refractivity contribution in [3.8, 4) is 0 Å². The van der Waals surface area contributed by atoms with Gasteiger partial charge in [0.05, 0.1) is 17.2 Å². The van der Waals surface area contributed by atoms with Gasteiger partial charge in [-0.25, -0.2) is 8.78 Å². The Morgan fingerprint density at radius 2 is 1.90 bits per heavy atom. The van der Waals surface area contributed by atoms with Gasteiger partial charge in [0.2, 0.25) is 0 Å². The number of hydrogen-bond donors (Lipinski definition) is 3. The average Bonchev–Trinajstić information content (AvgIpc) is 2.46. The highest BCUT2D eigenvalue weighted by Gasteiger charge is 2.38. The maximum Gasteiger partial charge on any atom is 0.147 e. The minimum atomic E-state index is -1.21. The predicted molar refractivity (Wildman–Crippen MR) is 74.1 cm³/mol. The molecule has 1 saturated heterocycles. The van der Waals surface area contributed by atoms with Crippen LogP contribution in [0.1, 0.15) is 12.5 Å². The van der Waals surface area contributed by atoms with Gasteiger partial charge < -0.3 is 15.3 Å². The minimum Gasteiger partial charge on any atom is -0.389 e. The number of aliphatic hydroxyl groups excluding tert-OH is 3. The molecule has 0 unspecified atom stereocenters. The number of rotatable bonds is 3. The Morgan fingerprint density at radius 3 is 2.57 bits per heavy atom. The molecule has 1 aliphatic heterocycles. The number of benzene rings is 1. The normalized spacial score (nSPS) is 30.6. The number of aliphatic hydroxyl groups is 3. The van der Waals surface area contributed by atoms with Gasteiger partial charge in [-0.2, -0.15) is 0 Å². The van der Waals surface area contributed by atoms with E-state index in [1.807, 2.05) is 0 Å². The van der Waals surface area contributed by atoms with Crippen LogP contribution >= 0.6 is 11.6 Å². The minimum absolute atomic E-state index is 0.0537. The number of piperidine rings is 1. The summed E-state index contributed by atoms with van der Waals surface area (Å²) < 4.78 is 27.4. The summed E-state index contributed by atoms with van der Waals surface area (Å²) >= 11 is 5.63. The summed E-state index contributed by atoms with van der Waals surface area (Å²) in [5.41, 5.74) is -0.121. The second kappa shape index (κ2) is 6.54. The van der Waals surface area contributed by atoms with Crippen molar-refractivity contribution in [2.75, 3.05) is 13.1 Å². The summed E-state index contributed by atoms with van der Waals surface area (Å²) in [7, 11) is 0. The van der Waals surface area contributed by atoms with Crippen LogP contribution in [-0.2, 0) is 6.42 Å². The lowest BCUT2D eigenvalue weighted by Crippen LogP contribution is -2.60. The van der Waals surface area contributed by atoms with Crippen LogP contribution in [0, 0.1) is 11.6 Å². The third-order valence-electron chi connectivity index (χ3n) is 4.02. The zero-order valence-corrected chi connectivity index (χ0v) is 12.3. The van der Waals surface area contributed by atoms with Crippen molar-refractivity contribution in [2.24, 2.45) is 0 Å². The van der Waals surface area contributed by atoms with E-state index >= 15 is 0 Å². The van der Waals surface area contributed by atoms with Crippen LogP contribution in [0.25, 0.3) is 0 Å². The van der Waals surface area contributed by atoms with Gasteiger partial charge in [0.15, 0.2) is 0 Å². The molecule has 1 fully saturated rings. The van der Waals surface area contributed by atoms with E-state index < -0.39 is 36.0 Å². The van der Waals surface area contributed by atoms with E-state index in [2.05, 4.69) is 0 Å². The van der Waals surface area contributed by atoms with Crippen molar-refractivity contribution in [1.29, 1.82) is 0 Å². The number of halogens is 3. The molecule has 0 aliphatic carbocycles. The van der Waals surface area contributed by atoms with Crippen molar-refractivity contribution in [3.63, 3.8) is 0 Å². The Hall–Kier alpha value is -0.790. The molecule has 4 atom stereocenters. The first-order valence-electron chi connectivity index (χ1n) is 6.73. The quantitative estimate of drug-likeness (QED) is 0.725. The second-order valence-corrected chi connectivity index (χ2v) is 5.76. The van der Waals surface area contributed by atoms with Gasteiger partial charge in [-0.15, -0.1) is 0 Å². The van der Waals surface area contributed by atoms with Gasteiger partial charge in [-0.3, -0.25) is 4.90 Å². The standard InChI is InChI=1S/C14H18ClF2NO3/c1-7-13(20)14(21)11(19)6-18(7)5-4-8-10(16)3-2-9(15)12(8)17/h2-3,7,11,13-14,19-21H,4-6H2,1H3/t7-,11+,13-,14-/m1/s1. The Labute approximate surface area is 126 Å². The Morgan fingerprint density at radius 1 is 1.24 bits per heavy atom. The van der Waals surface area contributed by atoms with Gasteiger partial charge in [0, 0.05) is 24.7 Å². The zero-order valence-electron chi connectivity index (χ0n) is 11.5. The fourth-order valence-electron chi connectivity index (χ4n) is 2.59. The van der Waals surface area contributed by atoms with E-state index in [0.717, 1.165) is 12.1 Å². The van der Waals surface area contributed by atoms with Crippen molar-refractivity contribution >= 4 is 11.6 Å². The molecule has 0 amide bonds. The molecule has 118 valence electrons. The van der Waals surface area contributed by atoms with Crippen LogP contribution < -0.4 is 0 Å². The van der Waals surface area contributed by atoms with E-state index in [9.17, 15) is 24.1 Å². The highest BCUT2D eigenvalue weighted by Crippen LogP contribution is 2.23. The summed E-state index contributed by atoms with van der Waals surface area (Å²) in [4.78, 5) is 1.68. The lowest BCUT2D eigenvalue weighted by Gasteiger charge is -2.42. The van der Waals surface area contributed by atoms with E-state index in [0.29, 0.717) is 0 Å². The number of nitrogens with zero attached hydrogens (tertiary/aromatic N) is 1. The highest BCUT2D eigenvalue weighted by molar-refractivity contribution is 6.30. The molecule has 1 aliphatic rings. The Bertz CT molecular complexity index is 517. The molecule has 7 heteroatoms. The molecular formula is C14H18ClF2NO3. The van der Waals surface area contributed by atoms with Crippen LogP contribution in [0.4, 0.5) is 8.78 Å². The third-order valence-corrected chi connectivity index (χ3v) is 4.32. The average molecular weight is 322 g/mol. The molecule has 0 bridgehead atoms. The molecule has 0 radical (unpaired) electrons. The Balaban J connectivity index is 2.08. The van der Waals surface area contributed by atoms with Crippen molar-refractivity contribution in [1.82, 2.24) is 4.90 Å². The summed E-state index contributed by atoms with van der Waals surface area (Å²) in [5.74, 6) is -1.47. The van der Waals surface area contributed by atoms with E-state index in [1.54, 1.807) is 11.8 Å². The third kappa shape index (κ3) is 3.35. The first kappa shape index (κ1) is 16.6. The molecule has 2 rings (SSSR count). The number of β-amino-alcohol motifs (C(OH)–C–C–N with tert-alkyl or cyclic N) is 1. The lowest BCUT2D eigenvalue weighted by atomic mass is 9.94. The lowest BCUT2D eigenvalue weighted by molar-refractivity contribution is -0.132. The number of likely N-dealkylation sites (tertiary alicyclic amines) is 1. The molecular weight excluding hydrogens is 304 g/mol. The van der Waals surface area contributed by atoms with E-state index in [4.69, 9.17) is 11.6 Å². The maximum absolute atomic E-state index is 13.8. The summed E-state index contributed by atoms with van der Waals surface area (Å²) in [6.45, 7) is 2.05. The van der Waals surface area contributed by atoms with E-state index in [1.165, 1.54) is 0 Å². The maximum atomic E-state index is 13.8. The fraction of sp³-hybridized carbons (Fsp3) is 0.571. The summed E-state index contributed by atoms with van der Waals surface area (Å²) in [6.07, 6.45) is -3.36. The van der Waals surface area contributed by atoms with Crippen LogP contribution in [0.3, 0.4) is 0 Å². The Kier molecular flexibility index (Phi) is 5.16. The van der Waals surface area contributed by atoms with Gasteiger partial charge in [-0.05, 0) is 25.5 Å². The summed E-state index contributed by atoms with van der Waals surface area (Å²) in [6, 6.07) is 1.84. The molecule has 21 heavy (non-hydrogen) atoms. The van der Waals surface area contributed by atoms with Gasteiger partial charge >= 0.3 is 0 Å². The van der Waals surface area contributed by atoms with Crippen molar-refractivity contribution in [3.05, 3.63) is 34.4 Å². The highest BCUT2D eigenvalue weighted by atomic mass is 35.5. The van der Waals surface area contributed by atoms with Gasteiger partial charge in [-0.1, -0.05) is 11.6 Å². The molecule has 0 aromatic heterocycles. The molecule has 1 heterocycles. The van der Waals surface area contributed by atoms with Crippen LogP contribution in [-0.4, -0.2) is 57.7 Å². The first-order valence-corrected chi connectivity index (χ1v) is 7.11. The first-order chi connectivity index (χ1) is 9.82.